The molecule has 1 amide bonds. The van der Waals surface area contributed by atoms with Crippen molar-refractivity contribution in [3.63, 3.8) is 0 Å². The van der Waals surface area contributed by atoms with Crippen LogP contribution in [-0.2, 0) is 0 Å². The van der Waals surface area contributed by atoms with Crippen LogP contribution in [0.5, 0.6) is 0 Å². The predicted molar refractivity (Wildman–Crippen MR) is 67.0 cm³/mol. The summed E-state index contributed by atoms with van der Waals surface area (Å²) in [5, 5.41) is 3.11. The zero-order valence-electron chi connectivity index (χ0n) is 10.1. The van der Waals surface area contributed by atoms with Gasteiger partial charge in [-0.1, -0.05) is 0 Å². The van der Waals surface area contributed by atoms with E-state index in [0.717, 1.165) is 25.1 Å². The van der Waals surface area contributed by atoms with Gasteiger partial charge in [0.05, 0.1) is 0 Å². The summed E-state index contributed by atoms with van der Waals surface area (Å²) in [6.07, 6.45) is 0.776. The van der Waals surface area contributed by atoms with Crippen LogP contribution in [0.25, 0.3) is 0 Å². The third-order valence-electron chi connectivity index (χ3n) is 2.86. The molecule has 1 saturated heterocycles. The van der Waals surface area contributed by atoms with Crippen molar-refractivity contribution < 1.29 is 18.0 Å². The van der Waals surface area contributed by atoms with Gasteiger partial charge in [-0.05, 0) is 25.1 Å². The van der Waals surface area contributed by atoms with Gasteiger partial charge in [-0.15, -0.1) is 12.4 Å². The zero-order chi connectivity index (χ0) is 13.1. The normalized spacial score (nSPS) is 15.6. The summed E-state index contributed by atoms with van der Waals surface area (Å²) >= 11 is 0. The van der Waals surface area contributed by atoms with Crippen molar-refractivity contribution in [1.82, 2.24) is 10.2 Å². The van der Waals surface area contributed by atoms with E-state index in [1.807, 2.05) is 0 Å². The minimum Gasteiger partial charge on any atom is -0.337 e. The first-order valence-electron chi connectivity index (χ1n) is 5.74. The summed E-state index contributed by atoms with van der Waals surface area (Å²) < 4.78 is 38.9. The number of hydrogen-bond donors (Lipinski definition) is 1. The highest BCUT2D eigenvalue weighted by atomic mass is 35.5. The Balaban J connectivity index is 0.00000180. The number of amides is 1. The van der Waals surface area contributed by atoms with Gasteiger partial charge in [-0.2, -0.15) is 0 Å². The second-order valence-corrected chi connectivity index (χ2v) is 4.15. The molecule has 0 bridgehead atoms. The van der Waals surface area contributed by atoms with Crippen molar-refractivity contribution in [1.29, 1.82) is 0 Å². The van der Waals surface area contributed by atoms with E-state index in [0.29, 0.717) is 19.6 Å². The molecular formula is C12H14ClF3N2O. The van der Waals surface area contributed by atoms with Crippen molar-refractivity contribution in [3.8, 4) is 0 Å². The Hall–Kier alpha value is -1.27. The number of carbonyl (C=O) groups excluding carboxylic acids is 1. The van der Waals surface area contributed by atoms with Crippen LogP contribution >= 0.6 is 12.4 Å². The van der Waals surface area contributed by atoms with Gasteiger partial charge < -0.3 is 10.2 Å². The Morgan fingerprint density at radius 1 is 1.11 bits per heavy atom. The molecule has 1 heterocycles. The first-order valence-corrected chi connectivity index (χ1v) is 5.74. The van der Waals surface area contributed by atoms with Gasteiger partial charge in [0.1, 0.15) is 0 Å². The molecule has 19 heavy (non-hydrogen) atoms. The maximum absolute atomic E-state index is 13.0. The van der Waals surface area contributed by atoms with Gasteiger partial charge in [0, 0.05) is 25.2 Å². The van der Waals surface area contributed by atoms with Crippen LogP contribution in [0.4, 0.5) is 13.2 Å². The highest BCUT2D eigenvalue weighted by Gasteiger charge is 2.20. The van der Waals surface area contributed by atoms with E-state index in [9.17, 15) is 18.0 Å². The molecule has 0 aromatic heterocycles. The second kappa shape index (κ2) is 6.77. The maximum atomic E-state index is 13.0. The third kappa shape index (κ3) is 3.61. The molecule has 2 rings (SSSR count). The van der Waals surface area contributed by atoms with E-state index in [-0.39, 0.29) is 18.0 Å². The summed E-state index contributed by atoms with van der Waals surface area (Å²) in [5.74, 6) is -4.71. The highest BCUT2D eigenvalue weighted by molar-refractivity contribution is 5.94. The average molecular weight is 295 g/mol. The number of rotatable bonds is 1. The van der Waals surface area contributed by atoms with Crippen LogP contribution in [0.2, 0.25) is 0 Å². The molecule has 1 aliphatic heterocycles. The molecule has 106 valence electrons. The van der Waals surface area contributed by atoms with Gasteiger partial charge in [0.15, 0.2) is 17.5 Å². The van der Waals surface area contributed by atoms with Gasteiger partial charge in [-0.3, -0.25) is 4.79 Å². The van der Waals surface area contributed by atoms with Gasteiger partial charge >= 0.3 is 0 Å². The van der Waals surface area contributed by atoms with Crippen LogP contribution in [-0.4, -0.2) is 37.0 Å². The fourth-order valence-electron chi connectivity index (χ4n) is 1.91. The molecule has 0 atom stereocenters. The zero-order valence-corrected chi connectivity index (χ0v) is 10.9. The quantitative estimate of drug-likeness (QED) is 0.803. The minimum absolute atomic E-state index is 0. The van der Waals surface area contributed by atoms with Crippen molar-refractivity contribution >= 4 is 18.3 Å². The Bertz CT molecular complexity index is 439. The molecule has 1 aromatic rings. The number of benzene rings is 1. The van der Waals surface area contributed by atoms with E-state index in [1.165, 1.54) is 4.90 Å². The number of nitrogens with one attached hydrogen (secondary N) is 1. The second-order valence-electron chi connectivity index (χ2n) is 4.15. The van der Waals surface area contributed by atoms with E-state index in [1.54, 1.807) is 0 Å². The lowest BCUT2D eigenvalue weighted by Gasteiger charge is -2.20. The molecule has 0 radical (unpaired) electrons. The number of halogens is 4. The summed E-state index contributed by atoms with van der Waals surface area (Å²) in [6.45, 7) is 2.43. The summed E-state index contributed by atoms with van der Waals surface area (Å²) in [4.78, 5) is 13.5. The lowest BCUT2D eigenvalue weighted by Crippen LogP contribution is -2.34. The topological polar surface area (TPSA) is 32.3 Å². The van der Waals surface area contributed by atoms with E-state index in [2.05, 4.69) is 5.32 Å². The Morgan fingerprint density at radius 3 is 2.37 bits per heavy atom. The van der Waals surface area contributed by atoms with Crippen molar-refractivity contribution in [3.05, 3.63) is 35.1 Å². The number of hydrogen-bond acceptors (Lipinski definition) is 2. The van der Waals surface area contributed by atoms with Gasteiger partial charge in [0.2, 0.25) is 0 Å². The molecule has 1 aliphatic rings. The Labute approximate surface area is 115 Å². The lowest BCUT2D eigenvalue weighted by molar-refractivity contribution is 0.0765. The Kier molecular flexibility index (Phi) is 5.62. The first-order chi connectivity index (χ1) is 8.59. The largest absolute Gasteiger partial charge is 0.337 e. The van der Waals surface area contributed by atoms with Crippen LogP contribution in [0.3, 0.4) is 0 Å². The molecule has 1 fully saturated rings. The molecular weight excluding hydrogens is 281 g/mol. The van der Waals surface area contributed by atoms with Crippen molar-refractivity contribution in [2.24, 2.45) is 0 Å². The number of nitrogens with zero attached hydrogens (tertiary/aromatic N) is 1. The lowest BCUT2D eigenvalue weighted by atomic mass is 10.1. The van der Waals surface area contributed by atoms with Crippen LogP contribution < -0.4 is 5.32 Å². The highest BCUT2D eigenvalue weighted by Crippen LogP contribution is 2.15. The smallest absolute Gasteiger partial charge is 0.254 e. The van der Waals surface area contributed by atoms with E-state index >= 15 is 0 Å². The van der Waals surface area contributed by atoms with Crippen molar-refractivity contribution in [2.45, 2.75) is 6.42 Å². The van der Waals surface area contributed by atoms with Crippen molar-refractivity contribution in [2.75, 3.05) is 26.2 Å². The fourth-order valence-corrected chi connectivity index (χ4v) is 1.91. The minimum atomic E-state index is -1.55. The molecule has 0 unspecified atom stereocenters. The maximum Gasteiger partial charge on any atom is 0.254 e. The summed E-state index contributed by atoms with van der Waals surface area (Å²) in [7, 11) is 0. The summed E-state index contributed by atoms with van der Waals surface area (Å²) in [5.41, 5.74) is -0.159. The van der Waals surface area contributed by atoms with Gasteiger partial charge in [0.25, 0.3) is 5.91 Å². The Morgan fingerprint density at radius 2 is 1.74 bits per heavy atom. The molecule has 1 N–H and O–H groups in total. The number of carbonyl (C=O) groups is 1. The first kappa shape index (κ1) is 15.8. The van der Waals surface area contributed by atoms with Crippen LogP contribution in [0, 0.1) is 17.5 Å². The third-order valence-corrected chi connectivity index (χ3v) is 2.86. The molecule has 7 heteroatoms. The molecule has 3 nitrogen and oxygen atoms in total. The van der Waals surface area contributed by atoms with E-state index < -0.39 is 23.4 Å². The standard InChI is InChI=1S/C12H13F3N2O.ClH/c13-9-6-8(7-10(14)11(9)15)12(18)17-4-1-2-16-3-5-17;/h6-7,16H,1-5H2;1H. The SMILES string of the molecule is Cl.O=C(c1cc(F)c(F)c(F)c1)N1CCCNCC1. The predicted octanol–water partition coefficient (Wildman–Crippen LogP) is 1.96. The molecule has 0 saturated carbocycles. The molecule has 1 aromatic carbocycles. The summed E-state index contributed by atoms with van der Waals surface area (Å²) in [6, 6.07) is 1.47. The fraction of sp³-hybridized carbons (Fsp3) is 0.417. The van der Waals surface area contributed by atoms with E-state index in [4.69, 9.17) is 0 Å². The molecule has 0 spiro atoms. The molecule has 0 aliphatic carbocycles. The monoisotopic (exact) mass is 294 g/mol. The average Bonchev–Trinajstić information content (AvgIpc) is 2.63. The van der Waals surface area contributed by atoms with Gasteiger partial charge in [-0.25, -0.2) is 13.2 Å². The van der Waals surface area contributed by atoms with Crippen LogP contribution in [0.1, 0.15) is 16.8 Å². The van der Waals surface area contributed by atoms with Crippen LogP contribution in [0.15, 0.2) is 12.1 Å².